The maximum absolute atomic E-state index is 13.3. The van der Waals surface area contributed by atoms with Crippen molar-refractivity contribution in [3.63, 3.8) is 0 Å². The molecule has 0 amide bonds. The van der Waals surface area contributed by atoms with E-state index in [-0.39, 0.29) is 10.8 Å². The number of carboxylic acids is 1. The van der Waals surface area contributed by atoms with Crippen LogP contribution in [0.4, 0.5) is 8.78 Å². The molecule has 2 saturated carbocycles. The molecule has 0 aromatic rings. The molecule has 2 aliphatic carbocycles. The summed E-state index contributed by atoms with van der Waals surface area (Å²) in [5.41, 5.74) is -2.42. The Morgan fingerprint density at radius 1 is 1.20 bits per heavy atom. The lowest BCUT2D eigenvalue weighted by molar-refractivity contribution is -0.149. The predicted octanol–water partition coefficient (Wildman–Crippen LogP) is 2.78. The van der Waals surface area contributed by atoms with Crippen LogP contribution in [0.2, 0.25) is 0 Å². The van der Waals surface area contributed by atoms with Gasteiger partial charge >= 0.3 is 5.97 Å². The van der Waals surface area contributed by atoms with Gasteiger partial charge in [0.25, 0.3) is 5.92 Å². The number of carboxylic acid groups (broad SMARTS) is 1. The fraction of sp³-hybridized carbons (Fsp3) is 0.909. The lowest BCUT2D eigenvalue weighted by Crippen LogP contribution is -2.27. The Balaban J connectivity index is 2.38. The zero-order valence-corrected chi connectivity index (χ0v) is 9.40. The fourth-order valence-corrected chi connectivity index (χ4v) is 3.40. The van der Waals surface area contributed by atoms with E-state index < -0.39 is 29.6 Å². The molecule has 86 valence electrons. The van der Waals surface area contributed by atoms with Crippen LogP contribution in [0.3, 0.4) is 0 Å². The molecule has 0 aromatic heterocycles. The third-order valence-electron chi connectivity index (χ3n) is 4.92. The predicted molar refractivity (Wildman–Crippen MR) is 50.7 cm³/mol. The molecule has 0 aliphatic heterocycles. The van der Waals surface area contributed by atoms with Crippen LogP contribution in [-0.4, -0.2) is 17.0 Å². The van der Waals surface area contributed by atoms with Gasteiger partial charge in [-0.05, 0) is 16.7 Å². The minimum Gasteiger partial charge on any atom is -0.481 e. The van der Waals surface area contributed by atoms with Gasteiger partial charge in [-0.15, -0.1) is 0 Å². The van der Waals surface area contributed by atoms with Crippen molar-refractivity contribution in [3.8, 4) is 0 Å². The number of aliphatic carboxylic acids is 1. The van der Waals surface area contributed by atoms with Crippen LogP contribution in [0.5, 0.6) is 0 Å². The van der Waals surface area contributed by atoms with E-state index in [0.717, 1.165) is 0 Å². The summed E-state index contributed by atoms with van der Waals surface area (Å²) in [5.74, 6) is -4.78. The average molecular weight is 218 g/mol. The van der Waals surface area contributed by atoms with E-state index in [9.17, 15) is 13.6 Å². The van der Waals surface area contributed by atoms with Gasteiger partial charge in [-0.3, -0.25) is 4.79 Å². The highest BCUT2D eigenvalue weighted by atomic mass is 19.3. The fourth-order valence-electron chi connectivity index (χ4n) is 3.40. The van der Waals surface area contributed by atoms with E-state index in [1.165, 1.54) is 0 Å². The van der Waals surface area contributed by atoms with E-state index in [0.29, 0.717) is 0 Å². The first kappa shape index (κ1) is 10.8. The van der Waals surface area contributed by atoms with Gasteiger partial charge in [-0.25, -0.2) is 8.78 Å². The summed E-state index contributed by atoms with van der Waals surface area (Å²) in [7, 11) is 0. The summed E-state index contributed by atoms with van der Waals surface area (Å²) in [4.78, 5) is 11.1. The average Bonchev–Trinajstić information content (AvgIpc) is 2.66. The van der Waals surface area contributed by atoms with E-state index >= 15 is 0 Å². The molecule has 0 bridgehead atoms. The Bertz CT molecular complexity index is 332. The SMILES string of the molecule is CC1(C)C(C2(C(=O)O)CC2(F)F)C1(C)C. The van der Waals surface area contributed by atoms with Crippen LogP contribution >= 0.6 is 0 Å². The molecule has 0 aromatic carbocycles. The van der Waals surface area contributed by atoms with Crippen molar-refractivity contribution in [3.05, 3.63) is 0 Å². The monoisotopic (exact) mass is 218 g/mol. The van der Waals surface area contributed by atoms with Crippen LogP contribution < -0.4 is 0 Å². The maximum Gasteiger partial charge on any atom is 0.316 e. The molecule has 2 aliphatic rings. The molecule has 0 heterocycles. The highest BCUT2D eigenvalue weighted by Gasteiger charge is 2.89. The molecule has 1 N–H and O–H groups in total. The summed E-state index contributed by atoms with van der Waals surface area (Å²) in [5, 5.41) is 9.03. The van der Waals surface area contributed by atoms with Crippen LogP contribution in [0.15, 0.2) is 0 Å². The highest BCUT2D eigenvalue weighted by Crippen LogP contribution is 2.83. The molecule has 15 heavy (non-hydrogen) atoms. The van der Waals surface area contributed by atoms with Gasteiger partial charge in [-0.2, -0.15) is 0 Å². The normalized spacial score (nSPS) is 39.9. The van der Waals surface area contributed by atoms with Crippen molar-refractivity contribution in [1.82, 2.24) is 0 Å². The van der Waals surface area contributed by atoms with Gasteiger partial charge in [0.1, 0.15) is 5.41 Å². The summed E-state index contributed by atoms with van der Waals surface area (Å²) < 4.78 is 26.6. The molecule has 0 radical (unpaired) electrons. The van der Waals surface area contributed by atoms with E-state index in [4.69, 9.17) is 5.11 Å². The largest absolute Gasteiger partial charge is 0.481 e. The lowest BCUT2D eigenvalue weighted by Gasteiger charge is -2.13. The topological polar surface area (TPSA) is 37.3 Å². The van der Waals surface area contributed by atoms with Crippen molar-refractivity contribution in [1.29, 1.82) is 0 Å². The standard InChI is InChI=1S/C11H16F2O2/c1-8(2)6(9(8,3)4)10(7(14)15)5-11(10,12)13/h6H,5H2,1-4H3,(H,14,15). The molecule has 2 nitrogen and oxygen atoms in total. The van der Waals surface area contributed by atoms with Crippen LogP contribution in [0, 0.1) is 22.2 Å². The van der Waals surface area contributed by atoms with Crippen LogP contribution in [-0.2, 0) is 4.79 Å². The number of rotatable bonds is 2. The van der Waals surface area contributed by atoms with E-state index in [1.54, 1.807) is 0 Å². The number of hydrogen-bond donors (Lipinski definition) is 1. The molecular formula is C11H16F2O2. The maximum atomic E-state index is 13.3. The first-order valence-electron chi connectivity index (χ1n) is 5.13. The Morgan fingerprint density at radius 2 is 1.53 bits per heavy atom. The molecule has 2 rings (SSSR count). The Hall–Kier alpha value is -0.670. The molecular weight excluding hydrogens is 202 g/mol. The Morgan fingerprint density at radius 3 is 1.60 bits per heavy atom. The highest BCUT2D eigenvalue weighted by molar-refractivity contribution is 5.82. The van der Waals surface area contributed by atoms with Crippen molar-refractivity contribution in [2.24, 2.45) is 22.2 Å². The minimum atomic E-state index is -3.02. The van der Waals surface area contributed by atoms with Gasteiger partial charge in [0.05, 0.1) is 0 Å². The van der Waals surface area contributed by atoms with E-state index in [2.05, 4.69) is 0 Å². The van der Waals surface area contributed by atoms with Gasteiger partial charge in [0.15, 0.2) is 0 Å². The van der Waals surface area contributed by atoms with Crippen LogP contribution in [0.1, 0.15) is 34.1 Å². The molecule has 1 atom stereocenters. The lowest BCUT2D eigenvalue weighted by atomic mass is 9.92. The van der Waals surface area contributed by atoms with Gasteiger partial charge in [0.2, 0.25) is 0 Å². The summed E-state index contributed by atoms with van der Waals surface area (Å²) in [6.45, 7) is 7.49. The third kappa shape index (κ3) is 0.911. The number of hydrogen-bond acceptors (Lipinski definition) is 1. The number of carbonyl (C=O) groups is 1. The Labute approximate surface area is 87.7 Å². The summed E-state index contributed by atoms with van der Waals surface area (Å²) >= 11 is 0. The Kier molecular flexibility index (Phi) is 1.59. The van der Waals surface area contributed by atoms with Crippen molar-refractivity contribution in [2.75, 3.05) is 0 Å². The quantitative estimate of drug-likeness (QED) is 0.773. The minimum absolute atomic E-state index is 0.314. The van der Waals surface area contributed by atoms with Crippen LogP contribution in [0.25, 0.3) is 0 Å². The zero-order valence-electron chi connectivity index (χ0n) is 9.40. The van der Waals surface area contributed by atoms with Crippen molar-refractivity contribution in [2.45, 2.75) is 40.0 Å². The second kappa shape index (κ2) is 2.20. The van der Waals surface area contributed by atoms with Crippen molar-refractivity contribution < 1.29 is 18.7 Å². The van der Waals surface area contributed by atoms with Gasteiger partial charge in [0, 0.05) is 6.42 Å². The second-order valence-corrected chi connectivity index (χ2v) is 6.03. The number of alkyl halides is 2. The van der Waals surface area contributed by atoms with E-state index in [1.807, 2.05) is 27.7 Å². The molecule has 1 unspecified atom stereocenters. The third-order valence-corrected chi connectivity index (χ3v) is 4.92. The smallest absolute Gasteiger partial charge is 0.316 e. The van der Waals surface area contributed by atoms with Gasteiger partial charge in [-0.1, -0.05) is 27.7 Å². The number of halogens is 2. The molecule has 0 spiro atoms. The second-order valence-electron chi connectivity index (χ2n) is 6.03. The summed E-state index contributed by atoms with van der Waals surface area (Å²) in [6.07, 6.45) is -0.493. The molecule has 4 heteroatoms. The van der Waals surface area contributed by atoms with Gasteiger partial charge < -0.3 is 5.11 Å². The first-order chi connectivity index (χ1) is 6.52. The molecule has 2 fully saturated rings. The first-order valence-corrected chi connectivity index (χ1v) is 5.13. The van der Waals surface area contributed by atoms with Crippen molar-refractivity contribution >= 4 is 5.97 Å². The zero-order chi connectivity index (χ0) is 11.9. The summed E-state index contributed by atoms with van der Waals surface area (Å²) in [6, 6.07) is 0. The molecule has 0 saturated heterocycles.